The fraction of sp³-hybridized carbons (Fsp3) is 0.474. The molecule has 1 aromatic carbocycles. The van der Waals surface area contributed by atoms with E-state index in [0.29, 0.717) is 5.56 Å². The lowest BCUT2D eigenvalue weighted by Crippen LogP contribution is -2.50. The number of rotatable bonds is 6. The van der Waals surface area contributed by atoms with Crippen molar-refractivity contribution < 1.29 is 18.7 Å². The molecule has 0 aromatic heterocycles. The maximum Gasteiger partial charge on any atom is 0.285 e. The van der Waals surface area contributed by atoms with Crippen molar-refractivity contribution in [3.8, 4) is 0 Å². The molecule has 0 saturated heterocycles. The van der Waals surface area contributed by atoms with Crippen LogP contribution in [0.3, 0.4) is 0 Å². The number of methoxy groups -OCH3 is 1. The molecular weight excluding hydrogens is 323 g/mol. The lowest BCUT2D eigenvalue weighted by atomic mass is 9.93. The van der Waals surface area contributed by atoms with E-state index in [9.17, 15) is 9.18 Å². The van der Waals surface area contributed by atoms with Gasteiger partial charge in [-0.2, -0.15) is 0 Å². The summed E-state index contributed by atoms with van der Waals surface area (Å²) in [6, 6.07) is 8.71. The average molecular weight is 346 g/mol. The number of amides is 1. The Hall–Kier alpha value is -2.05. The van der Waals surface area contributed by atoms with E-state index >= 15 is 0 Å². The largest absolute Gasteiger partial charge is 0.369 e. The van der Waals surface area contributed by atoms with Gasteiger partial charge in [-0.1, -0.05) is 49.2 Å². The van der Waals surface area contributed by atoms with Crippen molar-refractivity contribution >= 4 is 12.1 Å². The lowest BCUT2D eigenvalue weighted by molar-refractivity contribution is -0.257. The number of hydrogen-bond acceptors (Lipinski definition) is 4. The molecule has 1 aromatic rings. The summed E-state index contributed by atoms with van der Waals surface area (Å²) in [5.74, 6) is -3.16. The normalized spacial score (nSPS) is 27.9. The van der Waals surface area contributed by atoms with Gasteiger partial charge in [0, 0.05) is 18.9 Å². The van der Waals surface area contributed by atoms with Crippen LogP contribution < -0.4 is 5.73 Å². The number of nitrogens with zero attached hydrogens (tertiary/aromatic N) is 1. The summed E-state index contributed by atoms with van der Waals surface area (Å²) in [4.78, 5) is 16.3. The first-order valence-electron chi connectivity index (χ1n) is 8.54. The summed E-state index contributed by atoms with van der Waals surface area (Å²) >= 11 is 0. The number of carbonyl (C=O) groups excluding carboxylic acids is 1. The van der Waals surface area contributed by atoms with Gasteiger partial charge in [0.1, 0.15) is 5.92 Å². The van der Waals surface area contributed by atoms with E-state index in [4.69, 9.17) is 15.2 Å². The number of dihydropyridines is 1. The molecule has 25 heavy (non-hydrogen) atoms. The van der Waals surface area contributed by atoms with Crippen LogP contribution in [-0.4, -0.2) is 31.2 Å². The van der Waals surface area contributed by atoms with Gasteiger partial charge in [-0.15, -0.1) is 0 Å². The first kappa shape index (κ1) is 17.8. The van der Waals surface area contributed by atoms with Crippen LogP contribution in [-0.2, 0) is 14.3 Å². The molecule has 1 aliphatic carbocycles. The van der Waals surface area contributed by atoms with Gasteiger partial charge in [-0.05, 0) is 18.4 Å². The number of primary amides is 1. The van der Waals surface area contributed by atoms with Gasteiger partial charge < -0.3 is 15.2 Å². The Morgan fingerprint density at radius 1 is 1.32 bits per heavy atom. The SMILES string of the molecule is COC1(OC2CCCC2)N=CC(C(F)c2ccccc2)=CC1C(N)=O. The van der Waals surface area contributed by atoms with Gasteiger partial charge in [-0.25, -0.2) is 9.38 Å². The van der Waals surface area contributed by atoms with Gasteiger partial charge in [0.25, 0.3) is 5.91 Å². The van der Waals surface area contributed by atoms with Crippen molar-refractivity contribution in [1.29, 1.82) is 0 Å². The zero-order valence-corrected chi connectivity index (χ0v) is 14.2. The minimum Gasteiger partial charge on any atom is -0.369 e. The van der Waals surface area contributed by atoms with Gasteiger partial charge >= 0.3 is 0 Å². The molecule has 2 aliphatic rings. The van der Waals surface area contributed by atoms with Crippen molar-refractivity contribution in [2.24, 2.45) is 16.6 Å². The molecule has 1 fully saturated rings. The molecule has 3 atom stereocenters. The van der Waals surface area contributed by atoms with Crippen LogP contribution in [0.25, 0.3) is 0 Å². The van der Waals surface area contributed by atoms with E-state index in [1.54, 1.807) is 24.3 Å². The molecule has 134 valence electrons. The first-order chi connectivity index (χ1) is 12.1. The highest BCUT2D eigenvalue weighted by Gasteiger charge is 2.47. The van der Waals surface area contributed by atoms with Gasteiger partial charge in [-0.3, -0.25) is 4.79 Å². The first-order valence-corrected chi connectivity index (χ1v) is 8.54. The number of ether oxygens (including phenoxy) is 2. The Morgan fingerprint density at radius 2 is 2.00 bits per heavy atom. The quantitative estimate of drug-likeness (QED) is 0.805. The third-order valence-corrected chi connectivity index (χ3v) is 4.77. The molecule has 2 N–H and O–H groups in total. The standard InChI is InChI=1S/C19H23FN2O3/c1-24-19(25-15-9-5-6-10-15)16(18(21)23)11-14(12-22-19)17(20)13-7-3-2-4-8-13/h2-4,7-8,11-12,15-17H,5-6,9-10H2,1H3,(H2,21,23). The van der Waals surface area contributed by atoms with Crippen molar-refractivity contribution in [2.75, 3.05) is 7.11 Å². The lowest BCUT2D eigenvalue weighted by Gasteiger charge is -2.37. The molecule has 3 rings (SSSR count). The van der Waals surface area contributed by atoms with Crippen LogP contribution >= 0.6 is 0 Å². The van der Waals surface area contributed by atoms with Crippen molar-refractivity contribution in [3.63, 3.8) is 0 Å². The summed E-state index contributed by atoms with van der Waals surface area (Å²) in [6.07, 6.45) is 5.34. The minimum atomic E-state index is -1.51. The maximum absolute atomic E-state index is 14.8. The number of aliphatic imine (C=N–C) groups is 1. The highest BCUT2D eigenvalue weighted by atomic mass is 19.1. The van der Waals surface area contributed by atoms with Crippen LogP contribution in [0.15, 0.2) is 47.0 Å². The van der Waals surface area contributed by atoms with E-state index < -0.39 is 23.9 Å². The summed E-state index contributed by atoms with van der Waals surface area (Å²) in [5, 5.41) is 0. The molecule has 0 bridgehead atoms. The number of alkyl halides is 1. The molecule has 1 amide bonds. The molecule has 3 unspecified atom stereocenters. The van der Waals surface area contributed by atoms with E-state index in [1.807, 2.05) is 6.07 Å². The molecular formula is C19H23FN2O3. The Balaban J connectivity index is 1.87. The highest BCUT2D eigenvalue weighted by Crippen LogP contribution is 2.38. The summed E-state index contributed by atoms with van der Waals surface area (Å²) < 4.78 is 26.3. The van der Waals surface area contributed by atoms with Crippen LogP contribution in [0.1, 0.15) is 37.4 Å². The third-order valence-electron chi connectivity index (χ3n) is 4.77. The number of carbonyl (C=O) groups is 1. The van der Waals surface area contributed by atoms with E-state index in [2.05, 4.69) is 4.99 Å². The van der Waals surface area contributed by atoms with Crippen LogP contribution in [0.4, 0.5) is 4.39 Å². The molecule has 6 heteroatoms. The minimum absolute atomic E-state index is 0.0378. The van der Waals surface area contributed by atoms with Crippen molar-refractivity contribution in [1.82, 2.24) is 0 Å². The number of allylic oxidation sites excluding steroid dienone is 1. The number of hydrogen-bond donors (Lipinski definition) is 1. The molecule has 5 nitrogen and oxygen atoms in total. The zero-order chi connectivity index (χ0) is 17.9. The number of halogens is 1. The fourth-order valence-corrected chi connectivity index (χ4v) is 3.39. The number of nitrogens with two attached hydrogens (primary N) is 1. The van der Waals surface area contributed by atoms with E-state index in [0.717, 1.165) is 25.7 Å². The Bertz CT molecular complexity index is 671. The van der Waals surface area contributed by atoms with Crippen molar-refractivity contribution in [3.05, 3.63) is 47.5 Å². The Kier molecular flexibility index (Phi) is 5.30. The van der Waals surface area contributed by atoms with Gasteiger partial charge in [0.05, 0.1) is 6.10 Å². The molecule has 0 radical (unpaired) electrons. The predicted octanol–water partition coefficient (Wildman–Crippen LogP) is 3.07. The monoisotopic (exact) mass is 346 g/mol. The van der Waals surface area contributed by atoms with Gasteiger partial charge in [0.2, 0.25) is 5.91 Å². The second kappa shape index (κ2) is 7.45. The average Bonchev–Trinajstić information content (AvgIpc) is 3.14. The molecule has 0 spiro atoms. The highest BCUT2D eigenvalue weighted by molar-refractivity contribution is 5.87. The van der Waals surface area contributed by atoms with Crippen LogP contribution in [0.5, 0.6) is 0 Å². The summed E-state index contributed by atoms with van der Waals surface area (Å²) in [7, 11) is 1.42. The predicted molar refractivity (Wildman–Crippen MR) is 92.6 cm³/mol. The van der Waals surface area contributed by atoms with E-state index in [1.165, 1.54) is 19.4 Å². The fourth-order valence-electron chi connectivity index (χ4n) is 3.39. The molecule has 1 aliphatic heterocycles. The van der Waals surface area contributed by atoms with E-state index in [-0.39, 0.29) is 11.7 Å². The second-order valence-corrected chi connectivity index (χ2v) is 6.44. The topological polar surface area (TPSA) is 73.9 Å². The van der Waals surface area contributed by atoms with Crippen molar-refractivity contribution in [2.45, 2.75) is 43.9 Å². The second-order valence-electron chi connectivity index (χ2n) is 6.44. The van der Waals surface area contributed by atoms with Crippen LogP contribution in [0, 0.1) is 5.92 Å². The molecule has 1 saturated carbocycles. The van der Waals surface area contributed by atoms with Gasteiger partial charge in [0.15, 0.2) is 6.17 Å². The third kappa shape index (κ3) is 3.65. The smallest absolute Gasteiger partial charge is 0.285 e. The maximum atomic E-state index is 14.8. The summed E-state index contributed by atoms with van der Waals surface area (Å²) in [6.45, 7) is 0. The summed E-state index contributed by atoms with van der Waals surface area (Å²) in [5.41, 5.74) is 6.32. The Labute approximate surface area is 146 Å². The molecule has 1 heterocycles. The zero-order valence-electron chi connectivity index (χ0n) is 14.2. The number of benzene rings is 1. The van der Waals surface area contributed by atoms with Crippen LogP contribution in [0.2, 0.25) is 0 Å². The Morgan fingerprint density at radius 3 is 2.60 bits per heavy atom.